The lowest BCUT2D eigenvalue weighted by molar-refractivity contribution is -0.128. The molecule has 0 bridgehead atoms. The van der Waals surface area contributed by atoms with Crippen LogP contribution in [0.1, 0.15) is 37.8 Å². The highest BCUT2D eigenvalue weighted by Gasteiger charge is 2.28. The first-order valence-corrected chi connectivity index (χ1v) is 12.9. The first kappa shape index (κ1) is 28.7. The first-order valence-electron chi connectivity index (χ1n) is 12.5. The van der Waals surface area contributed by atoms with Gasteiger partial charge >= 0.3 is 0 Å². The van der Waals surface area contributed by atoms with Crippen LogP contribution in [0, 0.1) is 19.3 Å². The number of amides is 2. The molecule has 3 N–H and O–H groups in total. The number of thiocarbonyl (C=S) groups is 1. The van der Waals surface area contributed by atoms with Crippen LogP contribution in [0.25, 0.3) is 0 Å². The normalized spacial score (nSPS) is 10.8. The summed E-state index contributed by atoms with van der Waals surface area (Å²) in [6.45, 7) is 8.24. The molecule has 3 aromatic rings. The predicted octanol–water partition coefficient (Wildman–Crippen LogP) is 6.02. The molecular weight excluding hydrogens is 498 g/mol. The molecule has 2 amide bonds. The number of hydrogen-bond donors (Lipinski definition) is 3. The summed E-state index contributed by atoms with van der Waals surface area (Å²) in [4.78, 5) is 25.1. The molecule has 0 saturated heterocycles. The second-order valence-corrected chi connectivity index (χ2v) is 10.2. The van der Waals surface area contributed by atoms with Crippen molar-refractivity contribution in [2.24, 2.45) is 5.41 Å². The Kier molecular flexibility index (Phi) is 10.2. The summed E-state index contributed by atoms with van der Waals surface area (Å²) < 4.78 is 11.4. The third kappa shape index (κ3) is 9.19. The van der Waals surface area contributed by atoms with Crippen molar-refractivity contribution in [1.29, 1.82) is 0 Å². The number of ether oxygens (including phenoxy) is 2. The predicted molar refractivity (Wildman–Crippen MR) is 156 cm³/mol. The minimum absolute atomic E-state index is 0.110. The summed E-state index contributed by atoms with van der Waals surface area (Å²) in [5.74, 6) is 1.03. The van der Waals surface area contributed by atoms with Gasteiger partial charge in [0, 0.05) is 16.8 Å². The lowest BCUT2D eigenvalue weighted by Crippen LogP contribution is -2.42. The highest BCUT2D eigenvalue weighted by atomic mass is 32.1. The van der Waals surface area contributed by atoms with Crippen molar-refractivity contribution in [2.45, 2.75) is 40.5 Å². The zero-order valence-electron chi connectivity index (χ0n) is 22.3. The van der Waals surface area contributed by atoms with E-state index >= 15 is 0 Å². The molecular formula is C30H35N3O4S. The maximum atomic E-state index is 12.9. The molecule has 0 fully saturated rings. The molecule has 0 aliphatic carbocycles. The molecule has 0 heterocycles. The minimum Gasteiger partial charge on any atom is -0.493 e. The van der Waals surface area contributed by atoms with Crippen molar-refractivity contribution in [1.82, 2.24) is 5.32 Å². The van der Waals surface area contributed by atoms with Crippen LogP contribution >= 0.6 is 12.2 Å². The molecule has 0 unspecified atom stereocenters. The Morgan fingerprint density at radius 3 is 2.32 bits per heavy atom. The van der Waals surface area contributed by atoms with Gasteiger partial charge in [0.15, 0.2) is 11.7 Å². The van der Waals surface area contributed by atoms with E-state index < -0.39 is 5.41 Å². The van der Waals surface area contributed by atoms with Gasteiger partial charge < -0.3 is 25.4 Å². The fourth-order valence-electron chi connectivity index (χ4n) is 3.64. The van der Waals surface area contributed by atoms with E-state index in [1.165, 1.54) is 0 Å². The Bertz CT molecular complexity index is 1260. The third-order valence-electron chi connectivity index (χ3n) is 5.91. The van der Waals surface area contributed by atoms with Crippen molar-refractivity contribution < 1.29 is 19.1 Å². The molecule has 0 spiro atoms. The Morgan fingerprint density at radius 1 is 0.868 bits per heavy atom. The van der Waals surface area contributed by atoms with E-state index in [0.717, 1.165) is 23.3 Å². The third-order valence-corrected chi connectivity index (χ3v) is 6.11. The van der Waals surface area contributed by atoms with E-state index in [1.54, 1.807) is 36.4 Å². The fourth-order valence-corrected chi connectivity index (χ4v) is 3.86. The van der Waals surface area contributed by atoms with Crippen LogP contribution in [-0.2, 0) is 9.59 Å². The average Bonchev–Trinajstić information content (AvgIpc) is 2.88. The SMILES string of the molecule is Cc1ccc(C)c(OCCCC(C)(C)C(=O)NC(=S)Nc2cccc(NC(=O)COc3ccccc3)c2)c1. The second kappa shape index (κ2) is 13.6. The molecule has 0 aliphatic rings. The van der Waals surface area contributed by atoms with E-state index in [-0.39, 0.29) is 23.5 Å². The van der Waals surface area contributed by atoms with Gasteiger partial charge in [-0.25, -0.2) is 0 Å². The van der Waals surface area contributed by atoms with Crippen LogP contribution in [-0.4, -0.2) is 30.1 Å². The summed E-state index contributed by atoms with van der Waals surface area (Å²) in [5, 5.41) is 8.76. The van der Waals surface area contributed by atoms with Crippen LogP contribution in [0.3, 0.4) is 0 Å². The quantitative estimate of drug-likeness (QED) is 0.206. The fraction of sp³-hybridized carbons (Fsp3) is 0.300. The van der Waals surface area contributed by atoms with Gasteiger partial charge in [0.05, 0.1) is 6.61 Å². The molecule has 38 heavy (non-hydrogen) atoms. The van der Waals surface area contributed by atoms with E-state index in [2.05, 4.69) is 22.0 Å². The highest BCUT2D eigenvalue weighted by molar-refractivity contribution is 7.80. The van der Waals surface area contributed by atoms with Gasteiger partial charge in [-0.1, -0.05) is 50.2 Å². The number of nitrogens with one attached hydrogen (secondary N) is 3. The highest BCUT2D eigenvalue weighted by Crippen LogP contribution is 2.24. The summed E-state index contributed by atoms with van der Waals surface area (Å²) in [6.07, 6.45) is 1.36. The van der Waals surface area contributed by atoms with Crippen molar-refractivity contribution >= 4 is 40.5 Å². The zero-order chi connectivity index (χ0) is 27.5. The lowest BCUT2D eigenvalue weighted by Gasteiger charge is -2.24. The standard InChI is InChI=1S/C30H35N3O4S/c1-21-14-15-22(2)26(18-21)36-17-9-16-30(3,4)28(35)33-29(38)32-24-11-8-10-23(19-24)31-27(34)20-37-25-12-6-5-7-13-25/h5-8,10-15,18-19H,9,16-17,20H2,1-4H3,(H,31,34)(H2,32,33,35,38). The van der Waals surface area contributed by atoms with Crippen molar-refractivity contribution in [3.8, 4) is 11.5 Å². The van der Waals surface area contributed by atoms with Gasteiger partial charge in [-0.05, 0) is 86.4 Å². The molecule has 200 valence electrons. The Hall–Kier alpha value is -3.91. The van der Waals surface area contributed by atoms with E-state index in [0.29, 0.717) is 30.2 Å². The smallest absolute Gasteiger partial charge is 0.262 e. The Morgan fingerprint density at radius 2 is 1.58 bits per heavy atom. The Balaban J connectivity index is 1.43. The minimum atomic E-state index is -0.634. The van der Waals surface area contributed by atoms with Gasteiger partial charge in [0.25, 0.3) is 5.91 Å². The van der Waals surface area contributed by atoms with Crippen molar-refractivity contribution in [3.63, 3.8) is 0 Å². The molecule has 0 aliphatic heterocycles. The molecule has 0 atom stereocenters. The largest absolute Gasteiger partial charge is 0.493 e. The molecule has 0 radical (unpaired) electrons. The summed E-state index contributed by atoms with van der Waals surface area (Å²) in [6, 6.07) is 22.3. The number of para-hydroxylation sites is 1. The number of carbonyl (C=O) groups is 2. The molecule has 3 rings (SSSR count). The van der Waals surface area contributed by atoms with E-state index in [1.807, 2.05) is 58.0 Å². The summed E-state index contributed by atoms with van der Waals surface area (Å²) >= 11 is 5.36. The van der Waals surface area contributed by atoms with E-state index in [9.17, 15) is 9.59 Å². The molecule has 0 aromatic heterocycles. The van der Waals surface area contributed by atoms with Crippen LogP contribution in [0.4, 0.5) is 11.4 Å². The zero-order valence-corrected chi connectivity index (χ0v) is 23.1. The first-order chi connectivity index (χ1) is 18.1. The topological polar surface area (TPSA) is 88.7 Å². The van der Waals surface area contributed by atoms with Gasteiger partial charge in [0.1, 0.15) is 11.5 Å². The van der Waals surface area contributed by atoms with Crippen LogP contribution in [0.2, 0.25) is 0 Å². The maximum absolute atomic E-state index is 12.9. The van der Waals surface area contributed by atoms with Crippen LogP contribution in [0.5, 0.6) is 11.5 Å². The number of benzene rings is 3. The maximum Gasteiger partial charge on any atom is 0.262 e. The second-order valence-electron chi connectivity index (χ2n) is 9.74. The van der Waals surface area contributed by atoms with E-state index in [4.69, 9.17) is 21.7 Å². The lowest BCUT2D eigenvalue weighted by atomic mass is 9.87. The van der Waals surface area contributed by atoms with Gasteiger partial charge in [-0.2, -0.15) is 0 Å². The molecule has 3 aromatic carbocycles. The number of rotatable bonds is 11. The van der Waals surface area contributed by atoms with Gasteiger partial charge in [0.2, 0.25) is 5.91 Å². The van der Waals surface area contributed by atoms with Gasteiger partial charge in [-0.15, -0.1) is 0 Å². The molecule has 8 heteroatoms. The monoisotopic (exact) mass is 533 g/mol. The average molecular weight is 534 g/mol. The Labute approximate surface area is 229 Å². The van der Waals surface area contributed by atoms with Crippen molar-refractivity contribution in [2.75, 3.05) is 23.8 Å². The molecule has 7 nitrogen and oxygen atoms in total. The number of anilines is 2. The summed E-state index contributed by atoms with van der Waals surface area (Å²) in [5.41, 5.74) is 2.82. The number of carbonyl (C=O) groups excluding carboxylic acids is 2. The van der Waals surface area contributed by atoms with Gasteiger partial charge in [-0.3, -0.25) is 9.59 Å². The van der Waals surface area contributed by atoms with Crippen molar-refractivity contribution in [3.05, 3.63) is 83.9 Å². The van der Waals surface area contributed by atoms with Crippen LogP contribution in [0.15, 0.2) is 72.8 Å². The summed E-state index contributed by atoms with van der Waals surface area (Å²) in [7, 11) is 0. The van der Waals surface area contributed by atoms with Crippen LogP contribution < -0.4 is 25.4 Å². The number of aryl methyl sites for hydroxylation is 2. The molecule has 0 saturated carbocycles. The number of hydrogen-bond acceptors (Lipinski definition) is 5.